The molecule has 17 heavy (non-hydrogen) atoms. The Morgan fingerprint density at radius 1 is 1.35 bits per heavy atom. The molecule has 1 heterocycles. The molecule has 0 bridgehead atoms. The second-order valence-electron chi connectivity index (χ2n) is 4.70. The zero-order valence-corrected chi connectivity index (χ0v) is 11.2. The van der Waals surface area contributed by atoms with Crippen molar-refractivity contribution in [3.63, 3.8) is 0 Å². The van der Waals surface area contributed by atoms with Crippen LogP contribution in [-0.2, 0) is 4.79 Å². The normalized spacial score (nSPS) is 21.5. The van der Waals surface area contributed by atoms with Crippen LogP contribution in [0.2, 0.25) is 0 Å². The number of hydrogen-bond acceptors (Lipinski definition) is 3. The Bertz CT molecular complexity index is 227. The molecule has 0 aromatic heterocycles. The van der Waals surface area contributed by atoms with Gasteiger partial charge >= 0.3 is 0 Å². The van der Waals surface area contributed by atoms with Crippen molar-refractivity contribution in [1.29, 1.82) is 0 Å². The third-order valence-corrected chi connectivity index (χ3v) is 3.67. The van der Waals surface area contributed by atoms with Crippen LogP contribution in [0.25, 0.3) is 0 Å². The minimum atomic E-state index is 0.222. The summed E-state index contributed by atoms with van der Waals surface area (Å²) in [5, 5.41) is 9.05. The van der Waals surface area contributed by atoms with E-state index in [-0.39, 0.29) is 12.5 Å². The topological polar surface area (TPSA) is 43.8 Å². The summed E-state index contributed by atoms with van der Waals surface area (Å²) >= 11 is 0. The number of nitrogens with zero attached hydrogens (tertiary/aromatic N) is 2. The lowest BCUT2D eigenvalue weighted by molar-refractivity contribution is -0.133. The van der Waals surface area contributed by atoms with Gasteiger partial charge in [0.25, 0.3) is 0 Å². The molecular weight excluding hydrogens is 216 g/mol. The average Bonchev–Trinajstić information content (AvgIpc) is 2.33. The SMILES string of the molecule is CCN(CC)C(=O)CN1CCCCC1CCO. The number of rotatable bonds is 6. The average molecular weight is 242 g/mol. The van der Waals surface area contributed by atoms with Crippen molar-refractivity contribution in [1.82, 2.24) is 9.80 Å². The maximum absolute atomic E-state index is 12.0. The Hall–Kier alpha value is -0.610. The van der Waals surface area contributed by atoms with Crippen LogP contribution in [0, 0.1) is 0 Å². The number of aliphatic hydroxyl groups is 1. The predicted molar refractivity (Wildman–Crippen MR) is 68.8 cm³/mol. The number of piperidine rings is 1. The number of hydrogen-bond donors (Lipinski definition) is 1. The van der Waals surface area contributed by atoms with Crippen molar-refractivity contribution in [2.24, 2.45) is 0 Å². The number of carbonyl (C=O) groups excluding carboxylic acids is 1. The summed E-state index contributed by atoms with van der Waals surface area (Å²) in [5.41, 5.74) is 0. The molecule has 1 unspecified atom stereocenters. The molecule has 1 aliphatic rings. The van der Waals surface area contributed by atoms with Crippen LogP contribution in [0.1, 0.15) is 39.5 Å². The summed E-state index contributed by atoms with van der Waals surface area (Å²) in [6.07, 6.45) is 4.31. The van der Waals surface area contributed by atoms with E-state index in [0.29, 0.717) is 12.6 Å². The Kier molecular flexibility index (Phi) is 6.52. The lowest BCUT2D eigenvalue weighted by atomic mass is 9.99. The van der Waals surface area contributed by atoms with Gasteiger partial charge in [-0.1, -0.05) is 6.42 Å². The van der Waals surface area contributed by atoms with Crippen LogP contribution in [-0.4, -0.2) is 59.6 Å². The van der Waals surface area contributed by atoms with E-state index in [4.69, 9.17) is 5.11 Å². The smallest absolute Gasteiger partial charge is 0.236 e. The summed E-state index contributed by atoms with van der Waals surface area (Å²) in [6, 6.07) is 0.397. The summed E-state index contributed by atoms with van der Waals surface area (Å²) in [7, 11) is 0. The molecule has 1 amide bonds. The van der Waals surface area contributed by atoms with Crippen molar-refractivity contribution in [2.75, 3.05) is 32.8 Å². The molecule has 1 N–H and O–H groups in total. The molecule has 1 atom stereocenters. The highest BCUT2D eigenvalue weighted by molar-refractivity contribution is 5.78. The minimum Gasteiger partial charge on any atom is -0.396 e. The first-order chi connectivity index (χ1) is 8.22. The van der Waals surface area contributed by atoms with Crippen LogP contribution in [0.4, 0.5) is 0 Å². The van der Waals surface area contributed by atoms with E-state index in [1.54, 1.807) is 0 Å². The standard InChI is InChI=1S/C13H26N2O2/c1-3-14(4-2)13(17)11-15-9-6-5-7-12(15)8-10-16/h12,16H,3-11H2,1-2H3. The highest BCUT2D eigenvalue weighted by Gasteiger charge is 2.24. The molecule has 0 aliphatic carbocycles. The number of likely N-dealkylation sites (tertiary alicyclic amines) is 1. The molecule has 1 saturated heterocycles. The van der Waals surface area contributed by atoms with Crippen molar-refractivity contribution >= 4 is 5.91 Å². The van der Waals surface area contributed by atoms with Gasteiger partial charge in [-0.15, -0.1) is 0 Å². The lowest BCUT2D eigenvalue weighted by Crippen LogP contribution is -2.47. The van der Waals surface area contributed by atoms with Gasteiger partial charge in [-0.2, -0.15) is 0 Å². The van der Waals surface area contributed by atoms with Crippen LogP contribution in [0.5, 0.6) is 0 Å². The van der Waals surface area contributed by atoms with E-state index in [1.165, 1.54) is 12.8 Å². The van der Waals surface area contributed by atoms with Gasteiger partial charge in [0.05, 0.1) is 6.54 Å². The van der Waals surface area contributed by atoms with E-state index in [1.807, 2.05) is 18.7 Å². The molecule has 1 aliphatic heterocycles. The van der Waals surface area contributed by atoms with Crippen LogP contribution in [0.3, 0.4) is 0 Å². The maximum Gasteiger partial charge on any atom is 0.236 e. The number of aliphatic hydroxyl groups excluding tert-OH is 1. The maximum atomic E-state index is 12.0. The first-order valence-electron chi connectivity index (χ1n) is 6.85. The summed E-state index contributed by atoms with van der Waals surface area (Å²) in [6.45, 7) is 7.35. The van der Waals surface area contributed by atoms with Crippen LogP contribution >= 0.6 is 0 Å². The van der Waals surface area contributed by atoms with E-state index in [9.17, 15) is 4.79 Å². The summed E-state index contributed by atoms with van der Waals surface area (Å²) in [4.78, 5) is 16.2. The molecular formula is C13H26N2O2. The van der Waals surface area contributed by atoms with E-state index < -0.39 is 0 Å². The molecule has 4 nitrogen and oxygen atoms in total. The first kappa shape index (κ1) is 14.5. The van der Waals surface area contributed by atoms with Gasteiger partial charge in [0.1, 0.15) is 0 Å². The molecule has 0 saturated carbocycles. The number of amides is 1. The predicted octanol–water partition coefficient (Wildman–Crippen LogP) is 1.09. The molecule has 0 aromatic carbocycles. The van der Waals surface area contributed by atoms with Gasteiger partial charge in [0.2, 0.25) is 5.91 Å². The Labute approximate surface area is 105 Å². The van der Waals surface area contributed by atoms with Crippen LogP contribution < -0.4 is 0 Å². The second kappa shape index (κ2) is 7.67. The van der Waals surface area contributed by atoms with Gasteiger partial charge in [-0.05, 0) is 39.7 Å². The molecule has 100 valence electrons. The third kappa shape index (κ3) is 4.28. The van der Waals surface area contributed by atoms with E-state index >= 15 is 0 Å². The number of likely N-dealkylation sites (N-methyl/N-ethyl adjacent to an activating group) is 1. The monoisotopic (exact) mass is 242 g/mol. The van der Waals surface area contributed by atoms with Crippen molar-refractivity contribution in [2.45, 2.75) is 45.6 Å². The third-order valence-electron chi connectivity index (χ3n) is 3.67. The molecule has 1 rings (SSSR count). The lowest BCUT2D eigenvalue weighted by Gasteiger charge is -2.36. The van der Waals surface area contributed by atoms with Gasteiger partial charge in [0, 0.05) is 25.7 Å². The molecule has 1 fully saturated rings. The molecule has 0 spiro atoms. The Balaban J connectivity index is 2.49. The fourth-order valence-electron chi connectivity index (χ4n) is 2.59. The quantitative estimate of drug-likeness (QED) is 0.758. The van der Waals surface area contributed by atoms with E-state index in [2.05, 4.69) is 4.90 Å². The number of carbonyl (C=O) groups is 1. The Morgan fingerprint density at radius 3 is 2.65 bits per heavy atom. The van der Waals surface area contributed by atoms with Crippen molar-refractivity contribution in [3.8, 4) is 0 Å². The van der Waals surface area contributed by atoms with Gasteiger partial charge < -0.3 is 10.0 Å². The van der Waals surface area contributed by atoms with Gasteiger partial charge in [-0.25, -0.2) is 0 Å². The minimum absolute atomic E-state index is 0.222. The molecule has 4 heteroatoms. The zero-order chi connectivity index (χ0) is 12.7. The second-order valence-corrected chi connectivity index (χ2v) is 4.70. The fraction of sp³-hybridized carbons (Fsp3) is 0.923. The Morgan fingerprint density at radius 2 is 2.06 bits per heavy atom. The van der Waals surface area contributed by atoms with Gasteiger partial charge in [0.15, 0.2) is 0 Å². The van der Waals surface area contributed by atoms with Crippen molar-refractivity contribution in [3.05, 3.63) is 0 Å². The highest BCUT2D eigenvalue weighted by Crippen LogP contribution is 2.19. The highest BCUT2D eigenvalue weighted by atomic mass is 16.3. The van der Waals surface area contributed by atoms with Gasteiger partial charge in [-0.3, -0.25) is 9.69 Å². The zero-order valence-electron chi connectivity index (χ0n) is 11.2. The van der Waals surface area contributed by atoms with Crippen molar-refractivity contribution < 1.29 is 9.90 Å². The largest absolute Gasteiger partial charge is 0.396 e. The summed E-state index contributed by atoms with van der Waals surface area (Å²) in [5.74, 6) is 0.222. The van der Waals surface area contributed by atoms with Crippen LogP contribution in [0.15, 0.2) is 0 Å². The molecule has 0 aromatic rings. The first-order valence-corrected chi connectivity index (χ1v) is 6.85. The molecule has 0 radical (unpaired) electrons. The fourth-order valence-corrected chi connectivity index (χ4v) is 2.59. The van der Waals surface area contributed by atoms with E-state index in [0.717, 1.165) is 32.5 Å². The summed E-state index contributed by atoms with van der Waals surface area (Å²) < 4.78 is 0.